The average Bonchev–Trinajstić information content (AvgIpc) is 2.21. The Balaban J connectivity index is 2.84. The third-order valence-corrected chi connectivity index (χ3v) is 2.56. The second-order valence-corrected chi connectivity index (χ2v) is 4.12. The van der Waals surface area contributed by atoms with Gasteiger partial charge in [-0.15, -0.1) is 0 Å². The summed E-state index contributed by atoms with van der Waals surface area (Å²) in [5, 5.41) is 0. The first-order valence-corrected chi connectivity index (χ1v) is 5.65. The number of rotatable bonds is 2. The highest BCUT2D eigenvalue weighted by molar-refractivity contribution is 9.10. The highest BCUT2D eigenvalue weighted by Gasteiger charge is 2.02. The fourth-order valence-electron chi connectivity index (χ4n) is 1.15. The summed E-state index contributed by atoms with van der Waals surface area (Å²) in [5.74, 6) is 5.27. The molecule has 0 saturated heterocycles. The van der Waals surface area contributed by atoms with Crippen LogP contribution in [-0.2, 0) is 0 Å². The van der Waals surface area contributed by atoms with Crippen LogP contribution in [0.3, 0.4) is 0 Å². The van der Waals surface area contributed by atoms with E-state index in [0.29, 0.717) is 10.0 Å². The standard InChI is InChI=1S/C12H13BrFN/c1-2-4-10(15)8-7-9-5-3-6-11(13)12(9)14/h3,5-6,10H,2,4,15H2,1H3. The zero-order chi connectivity index (χ0) is 11.3. The monoisotopic (exact) mass is 269 g/mol. The van der Waals surface area contributed by atoms with Crippen molar-refractivity contribution in [3.63, 3.8) is 0 Å². The third-order valence-electron chi connectivity index (χ3n) is 1.94. The zero-order valence-electron chi connectivity index (χ0n) is 8.56. The van der Waals surface area contributed by atoms with E-state index < -0.39 is 0 Å². The molecule has 80 valence electrons. The van der Waals surface area contributed by atoms with E-state index in [1.807, 2.05) is 6.92 Å². The predicted octanol–water partition coefficient (Wildman–Crippen LogP) is 3.07. The fourth-order valence-corrected chi connectivity index (χ4v) is 1.52. The topological polar surface area (TPSA) is 26.0 Å². The first-order valence-electron chi connectivity index (χ1n) is 4.86. The van der Waals surface area contributed by atoms with Gasteiger partial charge in [-0.25, -0.2) is 4.39 Å². The number of nitrogens with two attached hydrogens (primary N) is 1. The van der Waals surface area contributed by atoms with Crippen LogP contribution in [0, 0.1) is 17.7 Å². The molecule has 0 aromatic heterocycles. The molecule has 1 unspecified atom stereocenters. The van der Waals surface area contributed by atoms with Crippen molar-refractivity contribution < 1.29 is 4.39 Å². The Morgan fingerprint density at radius 3 is 2.93 bits per heavy atom. The molecule has 0 bridgehead atoms. The molecule has 0 saturated carbocycles. The minimum Gasteiger partial charge on any atom is -0.318 e. The predicted molar refractivity (Wildman–Crippen MR) is 63.9 cm³/mol. The molecule has 3 heteroatoms. The lowest BCUT2D eigenvalue weighted by Gasteiger charge is -2.00. The molecule has 0 aliphatic carbocycles. The van der Waals surface area contributed by atoms with Crippen molar-refractivity contribution in [2.45, 2.75) is 25.8 Å². The van der Waals surface area contributed by atoms with Crippen LogP contribution in [0.4, 0.5) is 4.39 Å². The van der Waals surface area contributed by atoms with Gasteiger partial charge in [-0.3, -0.25) is 0 Å². The van der Waals surface area contributed by atoms with Gasteiger partial charge in [-0.1, -0.05) is 31.3 Å². The molecule has 0 amide bonds. The first kappa shape index (κ1) is 12.2. The molecule has 15 heavy (non-hydrogen) atoms. The lowest BCUT2D eigenvalue weighted by Crippen LogP contribution is -2.16. The van der Waals surface area contributed by atoms with Gasteiger partial charge in [0.2, 0.25) is 0 Å². The van der Waals surface area contributed by atoms with Gasteiger partial charge in [0.25, 0.3) is 0 Å². The molecular formula is C12H13BrFN. The molecule has 0 aliphatic heterocycles. The molecule has 0 heterocycles. The Morgan fingerprint density at radius 2 is 2.27 bits per heavy atom. The molecule has 1 nitrogen and oxygen atoms in total. The van der Waals surface area contributed by atoms with Crippen molar-refractivity contribution in [3.05, 3.63) is 34.1 Å². The van der Waals surface area contributed by atoms with Crippen LogP contribution in [0.2, 0.25) is 0 Å². The number of benzene rings is 1. The van der Waals surface area contributed by atoms with E-state index >= 15 is 0 Å². The van der Waals surface area contributed by atoms with E-state index in [4.69, 9.17) is 5.73 Å². The van der Waals surface area contributed by atoms with Crippen molar-refractivity contribution in [1.82, 2.24) is 0 Å². The maximum Gasteiger partial charge on any atom is 0.152 e. The summed E-state index contributed by atoms with van der Waals surface area (Å²) in [6.45, 7) is 2.04. The summed E-state index contributed by atoms with van der Waals surface area (Å²) >= 11 is 3.11. The fraction of sp³-hybridized carbons (Fsp3) is 0.333. The van der Waals surface area contributed by atoms with E-state index in [1.54, 1.807) is 18.2 Å². The summed E-state index contributed by atoms with van der Waals surface area (Å²) in [7, 11) is 0. The lowest BCUT2D eigenvalue weighted by atomic mass is 10.1. The van der Waals surface area contributed by atoms with Gasteiger partial charge < -0.3 is 5.73 Å². The van der Waals surface area contributed by atoms with Crippen LogP contribution in [0.15, 0.2) is 22.7 Å². The molecule has 1 aromatic rings. The Labute approximate surface area is 98.0 Å². The van der Waals surface area contributed by atoms with E-state index in [-0.39, 0.29) is 11.9 Å². The lowest BCUT2D eigenvalue weighted by molar-refractivity contribution is 0.617. The molecular weight excluding hydrogens is 257 g/mol. The van der Waals surface area contributed by atoms with Crippen molar-refractivity contribution in [2.24, 2.45) is 5.73 Å². The van der Waals surface area contributed by atoms with Crippen LogP contribution in [0.1, 0.15) is 25.3 Å². The summed E-state index contributed by atoms with van der Waals surface area (Å²) < 4.78 is 13.9. The van der Waals surface area contributed by atoms with Gasteiger partial charge in [-0.2, -0.15) is 0 Å². The Kier molecular flexibility index (Phi) is 4.80. The molecule has 1 rings (SSSR count). The molecule has 1 atom stereocenters. The molecule has 2 N–H and O–H groups in total. The number of halogens is 2. The second-order valence-electron chi connectivity index (χ2n) is 3.27. The van der Waals surface area contributed by atoms with Crippen molar-refractivity contribution in [1.29, 1.82) is 0 Å². The Hall–Kier alpha value is -0.850. The maximum atomic E-state index is 13.4. The summed E-state index contributed by atoms with van der Waals surface area (Å²) in [5.41, 5.74) is 6.10. The van der Waals surface area contributed by atoms with Crippen LogP contribution in [-0.4, -0.2) is 6.04 Å². The van der Waals surface area contributed by atoms with Crippen LogP contribution < -0.4 is 5.73 Å². The van der Waals surface area contributed by atoms with E-state index in [1.165, 1.54) is 0 Å². The number of hydrogen-bond acceptors (Lipinski definition) is 1. The van der Waals surface area contributed by atoms with Crippen molar-refractivity contribution in [3.8, 4) is 11.8 Å². The molecule has 0 aliphatic rings. The van der Waals surface area contributed by atoms with Gasteiger partial charge in [0.05, 0.1) is 16.1 Å². The van der Waals surface area contributed by atoms with Crippen molar-refractivity contribution >= 4 is 15.9 Å². The number of hydrogen-bond donors (Lipinski definition) is 1. The van der Waals surface area contributed by atoms with Gasteiger partial charge >= 0.3 is 0 Å². The van der Waals surface area contributed by atoms with E-state index in [0.717, 1.165) is 12.8 Å². The smallest absolute Gasteiger partial charge is 0.152 e. The van der Waals surface area contributed by atoms with Gasteiger partial charge in [0.15, 0.2) is 5.82 Å². The normalized spacial score (nSPS) is 11.7. The molecule has 1 aromatic carbocycles. The highest BCUT2D eigenvalue weighted by Crippen LogP contribution is 2.17. The Bertz CT molecular complexity index is 392. The van der Waals surface area contributed by atoms with E-state index in [9.17, 15) is 4.39 Å². The average molecular weight is 270 g/mol. The highest BCUT2D eigenvalue weighted by atomic mass is 79.9. The second kappa shape index (κ2) is 5.89. The summed E-state index contributed by atoms with van der Waals surface area (Å²) in [6, 6.07) is 4.87. The van der Waals surface area contributed by atoms with Gasteiger partial charge in [0, 0.05) is 0 Å². The Morgan fingerprint density at radius 1 is 1.53 bits per heavy atom. The van der Waals surface area contributed by atoms with Gasteiger partial charge in [0.1, 0.15) is 0 Å². The zero-order valence-corrected chi connectivity index (χ0v) is 10.1. The van der Waals surface area contributed by atoms with Crippen LogP contribution in [0.5, 0.6) is 0 Å². The van der Waals surface area contributed by atoms with Gasteiger partial charge in [-0.05, 0) is 34.5 Å². The third kappa shape index (κ3) is 3.65. The molecule has 0 spiro atoms. The quantitative estimate of drug-likeness (QED) is 0.821. The van der Waals surface area contributed by atoms with Crippen molar-refractivity contribution in [2.75, 3.05) is 0 Å². The largest absolute Gasteiger partial charge is 0.318 e. The maximum absolute atomic E-state index is 13.4. The molecule has 0 radical (unpaired) electrons. The van der Waals surface area contributed by atoms with E-state index in [2.05, 4.69) is 27.8 Å². The summed E-state index contributed by atoms with van der Waals surface area (Å²) in [6.07, 6.45) is 1.82. The molecule has 0 fully saturated rings. The minimum atomic E-state index is -0.325. The van der Waals surface area contributed by atoms with Crippen LogP contribution >= 0.6 is 15.9 Å². The minimum absolute atomic E-state index is 0.173. The first-order chi connectivity index (χ1) is 7.15. The SMILES string of the molecule is CCCC(N)C#Cc1cccc(Br)c1F. The van der Waals surface area contributed by atoms with Crippen LogP contribution in [0.25, 0.3) is 0 Å². The summed E-state index contributed by atoms with van der Waals surface area (Å²) in [4.78, 5) is 0.